The molecule has 2 aliphatic rings. The second-order valence-corrected chi connectivity index (χ2v) is 12.1. The molecule has 2 saturated heterocycles. The first kappa shape index (κ1) is 55.1. The van der Waals surface area contributed by atoms with Crippen molar-refractivity contribution in [2.24, 2.45) is 5.41 Å². The molecule has 2 fully saturated rings. The Kier molecular flexibility index (Phi) is 30.4. The van der Waals surface area contributed by atoms with E-state index in [9.17, 15) is 38.4 Å². The number of carbonyl (C=O) groups excluding carboxylic acids is 8. The van der Waals surface area contributed by atoms with Crippen LogP contribution in [0, 0.1) is 11.8 Å². The summed E-state index contributed by atoms with van der Waals surface area (Å²) in [5.41, 5.74) is -0.530. The van der Waals surface area contributed by atoms with Gasteiger partial charge in [0.2, 0.25) is 5.91 Å². The molecule has 2 amide bonds. The highest BCUT2D eigenvalue weighted by Gasteiger charge is 2.35. The summed E-state index contributed by atoms with van der Waals surface area (Å²) in [4.78, 5) is 92.7. The van der Waals surface area contributed by atoms with Gasteiger partial charge in [-0.05, 0) is 40.0 Å². The fourth-order valence-corrected chi connectivity index (χ4v) is 4.57. The topological polar surface area (TPSA) is 217 Å². The van der Waals surface area contributed by atoms with Crippen LogP contribution in [0.2, 0.25) is 0 Å². The second-order valence-electron chi connectivity index (χ2n) is 12.1. The van der Waals surface area contributed by atoms with Crippen LogP contribution in [0.4, 0.5) is 9.59 Å². The molecule has 2 rings (SSSR count). The van der Waals surface area contributed by atoms with Gasteiger partial charge in [0.1, 0.15) is 52.2 Å². The van der Waals surface area contributed by atoms with Gasteiger partial charge < -0.3 is 42.8 Å². The van der Waals surface area contributed by atoms with Crippen LogP contribution in [0.1, 0.15) is 88.5 Å². The standard InChI is InChI=1S/C19H31NO8.C13H18NO6.C4H6O2.2CH4/c1-5-19(4,13-14(2)28-15(3)21)17(23)25-11-12-27-18(24)26-10-9-20-8-6-7-16(20)22;1-10(2)12(16)18-8-9-20-13(17)19-7-6-14-5-3-4-11(14)15;1-3-6-4(2)5;;/h14H,5-13H2,1-4H3;4H,1,3,5-9H2,2H3;3H,1H2,2H3;2*1H4/q;+1;;;. The molecule has 0 aliphatic carbocycles. The van der Waals surface area contributed by atoms with Crippen LogP contribution in [0.3, 0.4) is 0 Å². The molecule has 18 heteroatoms. The van der Waals surface area contributed by atoms with Crippen molar-refractivity contribution in [1.82, 2.24) is 9.80 Å². The minimum absolute atomic E-state index is 0. The SMILES string of the molecule is C.C.C=C(C)C(=O)OCCOC(=O)OCCN1CC[CH+]C1=O.C=COC(C)=O.CCC(C)(CC(C)OC(C)=O)C(=O)OCCOC(=O)OCCN1CCCC1=O. The van der Waals surface area contributed by atoms with E-state index in [2.05, 4.69) is 22.6 Å². The van der Waals surface area contributed by atoms with Crippen LogP contribution in [-0.2, 0) is 66.7 Å². The van der Waals surface area contributed by atoms with Gasteiger partial charge in [-0.2, -0.15) is 0 Å². The quantitative estimate of drug-likeness (QED) is 0.0431. The largest absolute Gasteiger partial charge is 0.508 e. The number of carbonyl (C=O) groups is 8. The fraction of sp³-hybridized carbons (Fsp3) is 0.658. The van der Waals surface area contributed by atoms with E-state index in [1.165, 1.54) is 20.8 Å². The number of esters is 4. The molecule has 56 heavy (non-hydrogen) atoms. The van der Waals surface area contributed by atoms with E-state index in [-0.39, 0.29) is 77.9 Å². The Hall–Kier alpha value is -5.29. The van der Waals surface area contributed by atoms with Crippen molar-refractivity contribution in [2.45, 2.75) is 94.6 Å². The van der Waals surface area contributed by atoms with E-state index in [0.717, 1.165) is 19.1 Å². The van der Waals surface area contributed by atoms with Crippen LogP contribution < -0.4 is 0 Å². The van der Waals surface area contributed by atoms with Crippen molar-refractivity contribution >= 4 is 48.0 Å². The monoisotopic (exact) mass is 803 g/mol. The Morgan fingerprint density at radius 2 is 1.32 bits per heavy atom. The molecule has 2 atom stereocenters. The van der Waals surface area contributed by atoms with Crippen molar-refractivity contribution in [3.8, 4) is 0 Å². The van der Waals surface area contributed by atoms with Crippen LogP contribution in [-0.4, -0.2) is 130 Å². The smallest absolute Gasteiger partial charge is 0.463 e. The van der Waals surface area contributed by atoms with Crippen LogP contribution in [0.5, 0.6) is 0 Å². The third-order valence-corrected chi connectivity index (χ3v) is 7.41. The van der Waals surface area contributed by atoms with Gasteiger partial charge >= 0.3 is 42.1 Å². The molecule has 320 valence electrons. The lowest BCUT2D eigenvalue weighted by atomic mass is 9.82. The second kappa shape index (κ2) is 31.0. The molecule has 18 nitrogen and oxygen atoms in total. The van der Waals surface area contributed by atoms with E-state index < -0.39 is 41.7 Å². The minimum atomic E-state index is -0.871. The molecule has 2 heterocycles. The Bertz CT molecular complexity index is 1290. The molecule has 0 spiro atoms. The summed E-state index contributed by atoms with van der Waals surface area (Å²) in [7, 11) is 0. The highest BCUT2D eigenvalue weighted by molar-refractivity contribution is 5.87. The maximum atomic E-state index is 12.3. The Morgan fingerprint density at radius 1 is 0.804 bits per heavy atom. The van der Waals surface area contributed by atoms with Crippen molar-refractivity contribution in [2.75, 3.05) is 65.8 Å². The number of ether oxygens (including phenoxy) is 8. The first-order valence-corrected chi connectivity index (χ1v) is 17.4. The maximum absolute atomic E-state index is 12.3. The molecule has 0 aromatic heterocycles. The predicted molar refractivity (Wildman–Crippen MR) is 202 cm³/mol. The van der Waals surface area contributed by atoms with E-state index in [4.69, 9.17) is 28.4 Å². The number of hydrogen-bond acceptors (Lipinski definition) is 16. The Balaban J connectivity index is -0.000000877. The van der Waals surface area contributed by atoms with Gasteiger partial charge in [0.25, 0.3) is 0 Å². The Labute approximate surface area is 331 Å². The maximum Gasteiger partial charge on any atom is 0.508 e. The van der Waals surface area contributed by atoms with Gasteiger partial charge in [-0.1, -0.05) is 34.9 Å². The van der Waals surface area contributed by atoms with Gasteiger partial charge in [-0.3, -0.25) is 24.1 Å². The minimum Gasteiger partial charge on any atom is -0.463 e. The van der Waals surface area contributed by atoms with Crippen LogP contribution >= 0.6 is 0 Å². The number of amides is 2. The van der Waals surface area contributed by atoms with E-state index in [1.807, 2.05) is 6.92 Å². The summed E-state index contributed by atoms with van der Waals surface area (Å²) >= 11 is 0. The lowest BCUT2D eigenvalue weighted by Crippen LogP contribution is -2.34. The van der Waals surface area contributed by atoms with Gasteiger partial charge in [0, 0.05) is 32.4 Å². The molecule has 0 bridgehead atoms. The normalized spacial score (nSPS) is 14.0. The zero-order valence-electron chi connectivity index (χ0n) is 32.2. The number of rotatable bonds is 19. The molecular weight excluding hydrogens is 740 g/mol. The lowest BCUT2D eigenvalue weighted by Gasteiger charge is -2.28. The number of nitrogens with zero attached hydrogens (tertiary/aromatic N) is 2. The fourth-order valence-electron chi connectivity index (χ4n) is 4.57. The molecule has 2 unspecified atom stereocenters. The summed E-state index contributed by atoms with van der Waals surface area (Å²) in [5, 5.41) is 0. The van der Waals surface area contributed by atoms with Gasteiger partial charge in [-0.25, -0.2) is 19.2 Å². The third-order valence-electron chi connectivity index (χ3n) is 7.41. The zero-order chi connectivity index (χ0) is 41.1. The zero-order valence-corrected chi connectivity index (χ0v) is 32.2. The lowest BCUT2D eigenvalue weighted by molar-refractivity contribution is -0.161. The highest BCUT2D eigenvalue weighted by atomic mass is 16.7. The van der Waals surface area contributed by atoms with Crippen LogP contribution in [0.25, 0.3) is 0 Å². The molecule has 0 saturated carbocycles. The van der Waals surface area contributed by atoms with Crippen molar-refractivity contribution in [3.63, 3.8) is 0 Å². The van der Waals surface area contributed by atoms with Crippen LogP contribution in [0.15, 0.2) is 25.0 Å². The molecule has 0 N–H and O–H groups in total. The summed E-state index contributed by atoms with van der Waals surface area (Å²) < 4.78 is 38.4. The number of hydrogen-bond donors (Lipinski definition) is 0. The summed E-state index contributed by atoms with van der Waals surface area (Å²) in [6.45, 7) is 17.8. The van der Waals surface area contributed by atoms with E-state index in [0.29, 0.717) is 45.4 Å². The number of likely N-dealkylation sites (tertiary alicyclic amines) is 2. The van der Waals surface area contributed by atoms with E-state index >= 15 is 0 Å². The molecular formula is C38H63N2O16+. The Morgan fingerprint density at radius 3 is 1.73 bits per heavy atom. The molecule has 0 aromatic carbocycles. The molecule has 0 radical (unpaired) electrons. The molecule has 0 aromatic rings. The van der Waals surface area contributed by atoms with Gasteiger partial charge in [0.15, 0.2) is 6.42 Å². The van der Waals surface area contributed by atoms with Gasteiger partial charge in [-0.15, -0.1) is 0 Å². The van der Waals surface area contributed by atoms with Crippen molar-refractivity contribution in [3.05, 3.63) is 31.4 Å². The third kappa shape index (κ3) is 25.7. The average Bonchev–Trinajstić information content (AvgIpc) is 3.71. The summed E-state index contributed by atoms with van der Waals surface area (Å²) in [6, 6.07) is 0. The molecule has 2 aliphatic heterocycles. The summed E-state index contributed by atoms with van der Waals surface area (Å²) in [5.74, 6) is -1.70. The first-order chi connectivity index (χ1) is 25.4. The highest BCUT2D eigenvalue weighted by Crippen LogP contribution is 2.30. The predicted octanol–water partition coefficient (Wildman–Crippen LogP) is 4.72. The average molecular weight is 804 g/mol. The van der Waals surface area contributed by atoms with Gasteiger partial charge in [0.05, 0.1) is 31.3 Å². The van der Waals surface area contributed by atoms with E-state index in [1.54, 1.807) is 30.1 Å². The summed E-state index contributed by atoms with van der Waals surface area (Å²) in [6.07, 6.45) is 3.47. The first-order valence-electron chi connectivity index (χ1n) is 17.4. The van der Waals surface area contributed by atoms with Crippen molar-refractivity contribution < 1.29 is 76.3 Å². The van der Waals surface area contributed by atoms with Crippen molar-refractivity contribution in [1.29, 1.82) is 0 Å².